The summed E-state index contributed by atoms with van der Waals surface area (Å²) in [5, 5.41) is 6.27. The van der Waals surface area contributed by atoms with Crippen LogP contribution in [0.4, 0.5) is 0 Å². The number of hydrogen-bond donors (Lipinski definition) is 2. The Morgan fingerprint density at radius 1 is 1.21 bits per heavy atom. The van der Waals surface area contributed by atoms with Gasteiger partial charge in [-0.3, -0.25) is 4.79 Å². The van der Waals surface area contributed by atoms with E-state index in [0.717, 1.165) is 13.0 Å². The predicted octanol–water partition coefficient (Wildman–Crippen LogP) is 2.64. The summed E-state index contributed by atoms with van der Waals surface area (Å²) >= 11 is 0. The molecule has 0 fully saturated rings. The highest BCUT2D eigenvalue weighted by Crippen LogP contribution is 2.09. The molecule has 0 saturated carbocycles. The highest BCUT2D eigenvalue weighted by molar-refractivity contribution is 5.81. The van der Waals surface area contributed by atoms with E-state index in [1.54, 1.807) is 0 Å². The van der Waals surface area contributed by atoms with Crippen molar-refractivity contribution in [2.75, 3.05) is 0 Å². The first-order valence-corrected chi connectivity index (χ1v) is 6.95. The molecule has 2 N–H and O–H groups in total. The van der Waals surface area contributed by atoms with Gasteiger partial charge < -0.3 is 10.6 Å². The molecule has 0 aliphatic carbocycles. The Balaban J connectivity index is 2.54. The van der Waals surface area contributed by atoms with Crippen LogP contribution >= 0.6 is 0 Å². The van der Waals surface area contributed by atoms with Gasteiger partial charge in [-0.05, 0) is 45.2 Å². The minimum atomic E-state index is -0.191. The quantitative estimate of drug-likeness (QED) is 0.856. The van der Waals surface area contributed by atoms with Crippen LogP contribution in [0.1, 0.15) is 45.7 Å². The van der Waals surface area contributed by atoms with Gasteiger partial charge in [0.25, 0.3) is 0 Å². The molecule has 1 amide bonds. The predicted molar refractivity (Wildman–Crippen MR) is 80.0 cm³/mol. The molecule has 19 heavy (non-hydrogen) atoms. The van der Waals surface area contributed by atoms with E-state index in [2.05, 4.69) is 35.8 Å². The average molecular weight is 262 g/mol. The van der Waals surface area contributed by atoms with Crippen LogP contribution in [0.3, 0.4) is 0 Å². The van der Waals surface area contributed by atoms with Crippen LogP contribution in [0.25, 0.3) is 0 Å². The van der Waals surface area contributed by atoms with Crippen LogP contribution in [0.15, 0.2) is 24.3 Å². The molecule has 0 aliphatic rings. The Kier molecular flexibility index (Phi) is 5.55. The first-order valence-electron chi connectivity index (χ1n) is 6.95. The Bertz CT molecular complexity index is 421. The van der Waals surface area contributed by atoms with Crippen molar-refractivity contribution < 1.29 is 4.79 Å². The van der Waals surface area contributed by atoms with Gasteiger partial charge >= 0.3 is 0 Å². The van der Waals surface area contributed by atoms with E-state index in [-0.39, 0.29) is 17.5 Å². The molecule has 1 unspecified atom stereocenters. The molecule has 0 spiro atoms. The maximum absolute atomic E-state index is 12.0. The number of hydrogen-bond acceptors (Lipinski definition) is 2. The molecule has 0 radical (unpaired) electrons. The number of rotatable bonds is 5. The summed E-state index contributed by atoms with van der Waals surface area (Å²) in [5.74, 6) is 0.0430. The summed E-state index contributed by atoms with van der Waals surface area (Å²) in [5.41, 5.74) is 2.41. The summed E-state index contributed by atoms with van der Waals surface area (Å²) in [6.45, 7) is 10.7. The Morgan fingerprint density at radius 2 is 1.79 bits per heavy atom. The number of benzene rings is 1. The molecule has 1 aromatic rings. The first-order chi connectivity index (χ1) is 8.83. The molecule has 1 atom stereocenters. The smallest absolute Gasteiger partial charge is 0.237 e. The van der Waals surface area contributed by atoms with E-state index in [1.807, 2.05) is 33.8 Å². The lowest BCUT2D eigenvalue weighted by Crippen LogP contribution is -2.49. The third-order valence-corrected chi connectivity index (χ3v) is 2.99. The summed E-state index contributed by atoms with van der Waals surface area (Å²) < 4.78 is 0. The lowest BCUT2D eigenvalue weighted by molar-refractivity contribution is -0.124. The van der Waals surface area contributed by atoms with E-state index in [1.165, 1.54) is 11.1 Å². The summed E-state index contributed by atoms with van der Waals surface area (Å²) in [4.78, 5) is 12.0. The Morgan fingerprint density at radius 3 is 2.32 bits per heavy atom. The molecule has 0 aromatic heterocycles. The zero-order chi connectivity index (χ0) is 14.5. The lowest BCUT2D eigenvalue weighted by atomic mass is 10.0. The summed E-state index contributed by atoms with van der Waals surface area (Å²) in [6, 6.07) is 8.15. The van der Waals surface area contributed by atoms with Crippen molar-refractivity contribution in [2.24, 2.45) is 0 Å². The highest BCUT2D eigenvalue weighted by atomic mass is 16.2. The first kappa shape index (κ1) is 15.7. The maximum Gasteiger partial charge on any atom is 0.237 e. The van der Waals surface area contributed by atoms with Crippen molar-refractivity contribution in [2.45, 2.75) is 59.2 Å². The number of amides is 1. The molecule has 0 bridgehead atoms. The van der Waals surface area contributed by atoms with Gasteiger partial charge in [0.2, 0.25) is 5.91 Å². The summed E-state index contributed by atoms with van der Waals surface area (Å²) in [7, 11) is 0. The fourth-order valence-electron chi connectivity index (χ4n) is 1.91. The van der Waals surface area contributed by atoms with E-state index >= 15 is 0 Å². The topological polar surface area (TPSA) is 41.1 Å². The van der Waals surface area contributed by atoms with Gasteiger partial charge in [-0.25, -0.2) is 0 Å². The van der Waals surface area contributed by atoms with Crippen molar-refractivity contribution in [3.05, 3.63) is 35.4 Å². The third-order valence-electron chi connectivity index (χ3n) is 2.99. The van der Waals surface area contributed by atoms with Crippen molar-refractivity contribution in [3.8, 4) is 0 Å². The van der Waals surface area contributed by atoms with Crippen molar-refractivity contribution in [1.82, 2.24) is 10.6 Å². The lowest BCUT2D eigenvalue weighted by Gasteiger charge is -2.24. The molecule has 0 saturated heterocycles. The van der Waals surface area contributed by atoms with E-state index in [4.69, 9.17) is 0 Å². The monoisotopic (exact) mass is 262 g/mol. The molecule has 1 aromatic carbocycles. The van der Waals surface area contributed by atoms with Gasteiger partial charge in [0, 0.05) is 12.1 Å². The van der Waals surface area contributed by atoms with Gasteiger partial charge in [0.05, 0.1) is 6.04 Å². The van der Waals surface area contributed by atoms with Crippen LogP contribution in [0.2, 0.25) is 0 Å². The minimum Gasteiger partial charge on any atom is -0.350 e. The second kappa shape index (κ2) is 6.71. The van der Waals surface area contributed by atoms with Gasteiger partial charge in [-0.15, -0.1) is 0 Å². The van der Waals surface area contributed by atoms with Crippen LogP contribution < -0.4 is 10.6 Å². The van der Waals surface area contributed by atoms with E-state index < -0.39 is 0 Å². The van der Waals surface area contributed by atoms with Gasteiger partial charge in [-0.1, -0.05) is 31.2 Å². The standard InChI is InChI=1S/C16H26N2O/c1-6-13-9-7-8-10-14(13)11-17-12(2)15(19)18-16(3,4)5/h7-10,12,17H,6,11H2,1-5H3,(H,18,19). The highest BCUT2D eigenvalue weighted by Gasteiger charge is 2.18. The minimum absolute atomic E-state index is 0.0430. The molecule has 1 rings (SSSR count). The zero-order valence-electron chi connectivity index (χ0n) is 12.7. The number of carbonyl (C=O) groups excluding carboxylic acids is 1. The van der Waals surface area contributed by atoms with Gasteiger partial charge in [-0.2, -0.15) is 0 Å². The second-order valence-corrected chi connectivity index (χ2v) is 5.96. The van der Waals surface area contributed by atoms with E-state index in [0.29, 0.717) is 0 Å². The van der Waals surface area contributed by atoms with Crippen molar-refractivity contribution >= 4 is 5.91 Å². The summed E-state index contributed by atoms with van der Waals surface area (Å²) in [6.07, 6.45) is 1.01. The van der Waals surface area contributed by atoms with Gasteiger partial charge in [0.15, 0.2) is 0 Å². The SMILES string of the molecule is CCc1ccccc1CNC(C)C(=O)NC(C)(C)C. The number of nitrogens with one attached hydrogen (secondary N) is 2. The molecule has 3 heteroatoms. The molecule has 0 heterocycles. The average Bonchev–Trinajstić information content (AvgIpc) is 2.34. The molecule has 3 nitrogen and oxygen atoms in total. The molecule has 106 valence electrons. The van der Waals surface area contributed by atoms with Crippen molar-refractivity contribution in [1.29, 1.82) is 0 Å². The fourth-order valence-corrected chi connectivity index (χ4v) is 1.91. The van der Waals surface area contributed by atoms with E-state index in [9.17, 15) is 4.79 Å². The van der Waals surface area contributed by atoms with Crippen LogP contribution in [0.5, 0.6) is 0 Å². The fraction of sp³-hybridized carbons (Fsp3) is 0.562. The normalized spacial score (nSPS) is 13.1. The Hall–Kier alpha value is -1.35. The Labute approximate surface area is 116 Å². The number of carbonyl (C=O) groups is 1. The number of aryl methyl sites for hydroxylation is 1. The second-order valence-electron chi connectivity index (χ2n) is 5.96. The maximum atomic E-state index is 12.0. The zero-order valence-corrected chi connectivity index (χ0v) is 12.7. The van der Waals surface area contributed by atoms with Crippen molar-refractivity contribution in [3.63, 3.8) is 0 Å². The largest absolute Gasteiger partial charge is 0.350 e. The molecule has 0 aliphatic heterocycles. The van der Waals surface area contributed by atoms with Crippen LogP contribution in [-0.4, -0.2) is 17.5 Å². The molecular formula is C16H26N2O. The van der Waals surface area contributed by atoms with Crippen LogP contribution in [0, 0.1) is 0 Å². The molecular weight excluding hydrogens is 236 g/mol. The van der Waals surface area contributed by atoms with Crippen LogP contribution in [-0.2, 0) is 17.8 Å². The third kappa shape index (κ3) is 5.43. The van der Waals surface area contributed by atoms with Gasteiger partial charge in [0.1, 0.15) is 0 Å².